The maximum absolute atomic E-state index is 12.7. The lowest BCUT2D eigenvalue weighted by molar-refractivity contribution is 0.136. The van der Waals surface area contributed by atoms with Crippen LogP contribution < -0.4 is 0 Å². The summed E-state index contributed by atoms with van der Waals surface area (Å²) in [5.74, 6) is 0. The molecule has 1 rings (SSSR count). The zero-order chi connectivity index (χ0) is 14.4. The first kappa shape index (κ1) is 16.1. The second-order valence-corrected chi connectivity index (χ2v) is 6.56. The molecule has 0 heterocycles. The molecule has 1 N–H and O–H groups in total. The first-order valence-corrected chi connectivity index (χ1v) is 7.51. The van der Waals surface area contributed by atoms with Crippen molar-refractivity contribution in [1.29, 1.82) is 0 Å². The van der Waals surface area contributed by atoms with E-state index in [1.54, 1.807) is 12.1 Å². The highest BCUT2D eigenvalue weighted by Gasteiger charge is 2.25. The summed E-state index contributed by atoms with van der Waals surface area (Å²) >= 11 is 0. The van der Waals surface area contributed by atoms with Crippen LogP contribution in [0.1, 0.15) is 25.8 Å². The minimum absolute atomic E-state index is 0.411. The molecule has 106 valence electrons. The normalized spacial score (nSPS) is 15.6. The molecule has 0 unspecified atom stereocenters. The van der Waals surface area contributed by atoms with E-state index in [1.807, 2.05) is 39.0 Å². The van der Waals surface area contributed by atoms with Crippen molar-refractivity contribution in [3.8, 4) is 0 Å². The Labute approximate surface area is 116 Å². The number of alkyl halides is 1. The third kappa shape index (κ3) is 4.88. The first-order valence-electron chi connectivity index (χ1n) is 6.30. The standard InChI is InChI=1S/C15H21FO2S/c1-11(2)4-9-15(14(17)10-16)19(18)13-7-5-12(3)6-8-13/h4-8,14-15,17H,9-10H2,1-3H3/t14-,15+,19-/m0/s1. The van der Waals surface area contributed by atoms with E-state index < -0.39 is 28.8 Å². The van der Waals surface area contributed by atoms with Crippen LogP contribution >= 0.6 is 0 Å². The van der Waals surface area contributed by atoms with Crippen molar-refractivity contribution in [2.75, 3.05) is 6.67 Å². The largest absolute Gasteiger partial charge is 0.389 e. The Balaban J connectivity index is 2.93. The average Bonchev–Trinajstić information content (AvgIpc) is 2.38. The third-order valence-corrected chi connectivity index (χ3v) is 4.67. The van der Waals surface area contributed by atoms with Gasteiger partial charge in [0.25, 0.3) is 0 Å². The van der Waals surface area contributed by atoms with E-state index >= 15 is 0 Å². The third-order valence-electron chi connectivity index (χ3n) is 2.87. The van der Waals surface area contributed by atoms with Crippen LogP contribution in [-0.2, 0) is 10.8 Å². The molecular weight excluding hydrogens is 263 g/mol. The molecule has 19 heavy (non-hydrogen) atoms. The molecule has 0 bridgehead atoms. The van der Waals surface area contributed by atoms with Gasteiger partial charge >= 0.3 is 0 Å². The Bertz CT molecular complexity index is 450. The van der Waals surface area contributed by atoms with Gasteiger partial charge in [0, 0.05) is 4.90 Å². The molecule has 0 saturated heterocycles. The van der Waals surface area contributed by atoms with Crippen molar-refractivity contribution in [1.82, 2.24) is 0 Å². The van der Waals surface area contributed by atoms with Gasteiger partial charge in [-0.25, -0.2) is 4.39 Å². The van der Waals surface area contributed by atoms with E-state index in [9.17, 15) is 13.7 Å². The Morgan fingerprint density at radius 2 is 1.95 bits per heavy atom. The van der Waals surface area contributed by atoms with Crippen LogP contribution in [0.3, 0.4) is 0 Å². The van der Waals surface area contributed by atoms with Crippen LogP contribution in [0, 0.1) is 6.92 Å². The predicted molar refractivity (Wildman–Crippen MR) is 77.4 cm³/mol. The number of aliphatic hydroxyl groups is 1. The number of aryl methyl sites for hydroxylation is 1. The van der Waals surface area contributed by atoms with Gasteiger partial charge in [-0.3, -0.25) is 4.21 Å². The van der Waals surface area contributed by atoms with E-state index in [4.69, 9.17) is 0 Å². The fraction of sp³-hybridized carbons (Fsp3) is 0.467. The molecule has 0 spiro atoms. The fourth-order valence-electron chi connectivity index (χ4n) is 1.69. The summed E-state index contributed by atoms with van der Waals surface area (Å²) in [6.45, 7) is 4.92. The maximum atomic E-state index is 12.7. The van der Waals surface area contributed by atoms with E-state index in [0.29, 0.717) is 11.3 Å². The van der Waals surface area contributed by atoms with Gasteiger partial charge in [0.15, 0.2) is 0 Å². The Hall–Kier alpha value is -1.00. The lowest BCUT2D eigenvalue weighted by Gasteiger charge is -2.19. The number of halogens is 1. The van der Waals surface area contributed by atoms with Crippen molar-refractivity contribution in [3.05, 3.63) is 41.5 Å². The molecule has 0 radical (unpaired) electrons. The van der Waals surface area contributed by atoms with Crippen LogP contribution in [-0.4, -0.2) is 27.3 Å². The van der Waals surface area contributed by atoms with Gasteiger partial charge in [-0.2, -0.15) is 0 Å². The van der Waals surface area contributed by atoms with Crippen LogP contribution in [0.4, 0.5) is 4.39 Å². The minimum Gasteiger partial charge on any atom is -0.389 e. The Morgan fingerprint density at radius 3 is 2.42 bits per heavy atom. The van der Waals surface area contributed by atoms with Gasteiger partial charge in [-0.05, 0) is 39.3 Å². The molecule has 0 aliphatic rings. The lowest BCUT2D eigenvalue weighted by atomic mass is 10.1. The van der Waals surface area contributed by atoms with Gasteiger partial charge in [-0.15, -0.1) is 0 Å². The molecule has 0 amide bonds. The number of hydrogen-bond acceptors (Lipinski definition) is 2. The maximum Gasteiger partial charge on any atom is 0.116 e. The summed E-state index contributed by atoms with van der Waals surface area (Å²) in [4.78, 5) is 0.630. The van der Waals surface area contributed by atoms with Gasteiger partial charge in [0.2, 0.25) is 0 Å². The van der Waals surface area contributed by atoms with Crippen molar-refractivity contribution < 1.29 is 13.7 Å². The van der Waals surface area contributed by atoms with Crippen molar-refractivity contribution >= 4 is 10.8 Å². The monoisotopic (exact) mass is 284 g/mol. The van der Waals surface area contributed by atoms with Crippen molar-refractivity contribution in [2.45, 2.75) is 43.4 Å². The molecule has 0 aliphatic heterocycles. The summed E-state index contributed by atoms with van der Waals surface area (Å²) in [5.41, 5.74) is 2.14. The van der Waals surface area contributed by atoms with E-state index in [1.165, 1.54) is 0 Å². The molecular formula is C15H21FO2S. The number of benzene rings is 1. The van der Waals surface area contributed by atoms with Gasteiger partial charge in [-0.1, -0.05) is 29.3 Å². The number of rotatable bonds is 6. The second-order valence-electron chi connectivity index (χ2n) is 4.89. The van der Waals surface area contributed by atoms with Crippen molar-refractivity contribution in [2.24, 2.45) is 0 Å². The van der Waals surface area contributed by atoms with Crippen LogP contribution in [0.25, 0.3) is 0 Å². The molecule has 0 saturated carbocycles. The number of allylic oxidation sites excluding steroid dienone is 2. The Morgan fingerprint density at radius 1 is 1.37 bits per heavy atom. The van der Waals surface area contributed by atoms with E-state index in [-0.39, 0.29) is 0 Å². The molecule has 4 heteroatoms. The summed E-state index contributed by atoms with van der Waals surface area (Å²) in [6, 6.07) is 7.28. The molecule has 0 aliphatic carbocycles. The fourth-order valence-corrected chi connectivity index (χ4v) is 3.07. The van der Waals surface area contributed by atoms with Crippen LogP contribution in [0.2, 0.25) is 0 Å². The van der Waals surface area contributed by atoms with E-state index in [0.717, 1.165) is 11.1 Å². The van der Waals surface area contributed by atoms with Gasteiger partial charge < -0.3 is 5.11 Å². The smallest absolute Gasteiger partial charge is 0.116 e. The second kappa shape index (κ2) is 7.56. The first-order chi connectivity index (χ1) is 8.95. The minimum atomic E-state index is -1.41. The summed E-state index contributed by atoms with van der Waals surface area (Å²) in [5, 5.41) is 9.11. The van der Waals surface area contributed by atoms with Crippen molar-refractivity contribution in [3.63, 3.8) is 0 Å². The zero-order valence-electron chi connectivity index (χ0n) is 11.6. The van der Waals surface area contributed by atoms with E-state index in [2.05, 4.69) is 0 Å². The predicted octanol–water partition coefficient (Wildman–Crippen LogP) is 3.16. The SMILES string of the molecule is CC(C)=CC[C@H]([C@@H](O)CF)[S@@](=O)c1ccc(C)cc1. The highest BCUT2D eigenvalue weighted by atomic mass is 32.2. The Kier molecular flexibility index (Phi) is 6.38. The molecule has 3 atom stereocenters. The highest BCUT2D eigenvalue weighted by molar-refractivity contribution is 7.85. The number of hydrogen-bond donors (Lipinski definition) is 1. The topological polar surface area (TPSA) is 37.3 Å². The zero-order valence-corrected chi connectivity index (χ0v) is 12.4. The lowest BCUT2D eigenvalue weighted by Crippen LogP contribution is -2.31. The molecule has 0 fully saturated rings. The highest BCUT2D eigenvalue weighted by Crippen LogP contribution is 2.19. The van der Waals surface area contributed by atoms with Crippen LogP contribution in [0.15, 0.2) is 40.8 Å². The number of aliphatic hydroxyl groups excluding tert-OH is 1. The van der Waals surface area contributed by atoms with Gasteiger partial charge in [0.05, 0.1) is 22.2 Å². The molecule has 2 nitrogen and oxygen atoms in total. The summed E-state index contributed by atoms with van der Waals surface area (Å²) < 4.78 is 25.1. The summed E-state index contributed by atoms with van der Waals surface area (Å²) in [7, 11) is -1.41. The van der Waals surface area contributed by atoms with Crippen LogP contribution in [0.5, 0.6) is 0 Å². The molecule has 0 aromatic heterocycles. The molecule has 1 aromatic carbocycles. The quantitative estimate of drug-likeness (QED) is 0.815. The average molecular weight is 284 g/mol. The summed E-state index contributed by atoms with van der Waals surface area (Å²) in [6.07, 6.45) is 1.10. The molecule has 1 aromatic rings. The van der Waals surface area contributed by atoms with Gasteiger partial charge in [0.1, 0.15) is 6.67 Å².